The van der Waals surface area contributed by atoms with Crippen LogP contribution in [0.4, 0.5) is 11.4 Å². The Bertz CT molecular complexity index is 1110. The van der Waals surface area contributed by atoms with Crippen molar-refractivity contribution in [2.45, 2.75) is 32.2 Å². The maximum Gasteiger partial charge on any atom is 0.274 e. The first kappa shape index (κ1) is 23.3. The van der Waals surface area contributed by atoms with Gasteiger partial charge in [-0.25, -0.2) is 0 Å². The number of amides is 2. The highest BCUT2D eigenvalue weighted by molar-refractivity contribution is 6.34. The lowest BCUT2D eigenvalue weighted by Crippen LogP contribution is -2.48. The number of halogens is 1. The molecular weight excluding hydrogens is 444 g/mol. The predicted octanol–water partition coefficient (Wildman–Crippen LogP) is 2.30. The van der Waals surface area contributed by atoms with Gasteiger partial charge in [0.05, 0.1) is 23.2 Å². The molecule has 2 fully saturated rings. The van der Waals surface area contributed by atoms with Gasteiger partial charge in [-0.05, 0) is 37.1 Å². The van der Waals surface area contributed by atoms with Crippen LogP contribution in [0.3, 0.4) is 0 Å². The van der Waals surface area contributed by atoms with Gasteiger partial charge in [0.15, 0.2) is 0 Å². The number of hydrogen-bond acceptors (Lipinski definition) is 6. The smallest absolute Gasteiger partial charge is 0.274 e. The van der Waals surface area contributed by atoms with E-state index in [1.807, 2.05) is 37.3 Å². The molecule has 4 rings (SSSR count). The minimum atomic E-state index is -0.422. The predicted molar refractivity (Wildman–Crippen MR) is 128 cm³/mol. The van der Waals surface area contributed by atoms with Crippen LogP contribution in [0.1, 0.15) is 30.0 Å². The van der Waals surface area contributed by atoms with Crippen LogP contribution in [0.15, 0.2) is 35.1 Å². The summed E-state index contributed by atoms with van der Waals surface area (Å²) >= 11 is 6.76. The lowest BCUT2D eigenvalue weighted by Gasteiger charge is -2.38. The summed E-state index contributed by atoms with van der Waals surface area (Å²) in [6.07, 6.45) is 0.776. The van der Waals surface area contributed by atoms with Crippen LogP contribution in [0.25, 0.3) is 0 Å². The molecule has 2 aromatic rings. The number of carbonyl (C=O) groups excluding carboxylic acids is 2. The summed E-state index contributed by atoms with van der Waals surface area (Å²) in [6.45, 7) is 5.70. The van der Waals surface area contributed by atoms with E-state index in [4.69, 9.17) is 16.3 Å². The Kier molecular flexibility index (Phi) is 7.05. The molecule has 0 spiro atoms. The number of anilines is 2. The number of aryl methyl sites for hydroxylation is 1. The van der Waals surface area contributed by atoms with Crippen molar-refractivity contribution in [3.63, 3.8) is 0 Å². The molecule has 1 unspecified atom stereocenters. The molecule has 3 heterocycles. The second kappa shape index (κ2) is 9.97. The molecular formula is C24H29ClN4O4. The summed E-state index contributed by atoms with van der Waals surface area (Å²) in [5.74, 6) is -0.953. The Morgan fingerprint density at radius 2 is 1.73 bits per heavy atom. The van der Waals surface area contributed by atoms with Crippen molar-refractivity contribution in [1.82, 2.24) is 9.88 Å². The van der Waals surface area contributed by atoms with Crippen LogP contribution in [0.5, 0.6) is 0 Å². The van der Waals surface area contributed by atoms with E-state index in [1.165, 1.54) is 0 Å². The highest BCUT2D eigenvalue weighted by atomic mass is 35.5. The highest BCUT2D eigenvalue weighted by Gasteiger charge is 2.31. The number of ether oxygens (including phenoxy) is 1. The zero-order valence-corrected chi connectivity index (χ0v) is 19.7. The Morgan fingerprint density at radius 3 is 2.39 bits per heavy atom. The number of methoxy groups -OCH3 is 1. The number of aromatic nitrogens is 1. The van der Waals surface area contributed by atoms with E-state index in [1.54, 1.807) is 11.7 Å². The topological polar surface area (TPSA) is 83.9 Å². The third-order valence-corrected chi connectivity index (χ3v) is 6.89. The molecule has 2 saturated heterocycles. The fraction of sp³-hybridized carbons (Fsp3) is 0.458. The minimum absolute atomic E-state index is 0.00149. The SMILES string of the molecule is COCCn1c(C)ccc(N2CCN(c3cccc(C4CCC(=O)NC4=O)c3Cl)CC2)c1=O. The summed E-state index contributed by atoms with van der Waals surface area (Å²) in [5, 5.41) is 2.96. The van der Waals surface area contributed by atoms with Gasteiger partial charge >= 0.3 is 0 Å². The lowest BCUT2D eigenvalue weighted by atomic mass is 9.90. The van der Waals surface area contributed by atoms with E-state index in [-0.39, 0.29) is 17.4 Å². The zero-order valence-electron chi connectivity index (χ0n) is 19.0. The van der Waals surface area contributed by atoms with E-state index < -0.39 is 5.92 Å². The van der Waals surface area contributed by atoms with Gasteiger partial charge in [0, 0.05) is 51.9 Å². The number of imide groups is 1. The number of piperazine rings is 1. The van der Waals surface area contributed by atoms with Crippen molar-refractivity contribution in [3.8, 4) is 0 Å². The lowest BCUT2D eigenvalue weighted by molar-refractivity contribution is -0.134. The van der Waals surface area contributed by atoms with Crippen molar-refractivity contribution in [1.29, 1.82) is 0 Å². The van der Waals surface area contributed by atoms with Crippen LogP contribution in [0, 0.1) is 6.92 Å². The maximum atomic E-state index is 13.0. The van der Waals surface area contributed by atoms with Crippen molar-refractivity contribution in [3.05, 3.63) is 57.0 Å². The minimum Gasteiger partial charge on any atom is -0.383 e. The monoisotopic (exact) mass is 472 g/mol. The Balaban J connectivity index is 1.50. The first-order valence-corrected chi connectivity index (χ1v) is 11.6. The maximum absolute atomic E-state index is 13.0. The largest absolute Gasteiger partial charge is 0.383 e. The van der Waals surface area contributed by atoms with E-state index in [0.717, 1.165) is 16.9 Å². The summed E-state index contributed by atoms with van der Waals surface area (Å²) in [4.78, 5) is 41.2. The third-order valence-electron chi connectivity index (χ3n) is 6.48. The number of piperidine rings is 1. The summed E-state index contributed by atoms with van der Waals surface area (Å²) in [5.41, 5.74) is 3.23. The van der Waals surface area contributed by atoms with Gasteiger partial charge in [-0.2, -0.15) is 0 Å². The van der Waals surface area contributed by atoms with Gasteiger partial charge in [-0.1, -0.05) is 23.7 Å². The van der Waals surface area contributed by atoms with Gasteiger partial charge in [0.2, 0.25) is 11.8 Å². The average molecular weight is 473 g/mol. The van der Waals surface area contributed by atoms with Gasteiger partial charge in [0.1, 0.15) is 5.69 Å². The number of rotatable bonds is 6. The van der Waals surface area contributed by atoms with Gasteiger partial charge in [0.25, 0.3) is 5.56 Å². The number of pyridine rings is 1. The molecule has 2 amide bonds. The van der Waals surface area contributed by atoms with Crippen molar-refractivity contribution >= 4 is 34.8 Å². The molecule has 8 nitrogen and oxygen atoms in total. The molecule has 2 aliphatic heterocycles. The fourth-order valence-corrected chi connectivity index (χ4v) is 4.97. The number of hydrogen-bond donors (Lipinski definition) is 1. The number of nitrogens with zero attached hydrogens (tertiary/aromatic N) is 3. The van der Waals surface area contributed by atoms with Crippen molar-refractivity contribution in [2.24, 2.45) is 0 Å². The molecule has 0 aliphatic carbocycles. The molecule has 2 aliphatic rings. The Labute approximate surface area is 198 Å². The molecule has 1 aromatic heterocycles. The average Bonchev–Trinajstić information content (AvgIpc) is 2.80. The van der Waals surface area contributed by atoms with Crippen LogP contribution in [0.2, 0.25) is 5.02 Å². The fourth-order valence-electron chi connectivity index (χ4n) is 4.59. The second-order valence-electron chi connectivity index (χ2n) is 8.47. The molecule has 1 N–H and O–H groups in total. The molecule has 0 saturated carbocycles. The molecule has 176 valence electrons. The standard InChI is InChI=1S/C24H29ClN4O4/c1-16-6-8-20(24(32)29(16)14-15-33-2)28-12-10-27(11-13-28)19-5-3-4-17(22(19)25)18-7-9-21(30)26-23(18)31/h3-6,8,18H,7,9-15H2,1-2H3,(H,26,30,31). The number of benzene rings is 1. The second-order valence-corrected chi connectivity index (χ2v) is 8.85. The van der Waals surface area contributed by atoms with E-state index in [0.29, 0.717) is 62.9 Å². The Morgan fingerprint density at radius 1 is 1.03 bits per heavy atom. The zero-order chi connectivity index (χ0) is 23.5. The molecule has 9 heteroatoms. The third kappa shape index (κ3) is 4.77. The van der Waals surface area contributed by atoms with Crippen LogP contribution >= 0.6 is 11.6 Å². The van der Waals surface area contributed by atoms with Crippen LogP contribution in [-0.2, 0) is 20.9 Å². The van der Waals surface area contributed by atoms with Crippen LogP contribution < -0.4 is 20.7 Å². The van der Waals surface area contributed by atoms with Crippen molar-refractivity contribution in [2.75, 3.05) is 49.7 Å². The first-order chi connectivity index (χ1) is 15.9. The normalized spacial score (nSPS) is 19.1. The quantitative estimate of drug-likeness (QED) is 0.649. The molecule has 1 aromatic carbocycles. The molecule has 0 radical (unpaired) electrons. The van der Waals surface area contributed by atoms with Gasteiger partial charge in [-0.3, -0.25) is 19.7 Å². The van der Waals surface area contributed by atoms with Crippen LogP contribution in [-0.4, -0.2) is 56.3 Å². The van der Waals surface area contributed by atoms with Gasteiger partial charge < -0.3 is 19.1 Å². The Hall–Kier alpha value is -2.84. The summed E-state index contributed by atoms with van der Waals surface area (Å²) in [7, 11) is 1.63. The van der Waals surface area contributed by atoms with E-state index in [2.05, 4.69) is 15.1 Å². The summed E-state index contributed by atoms with van der Waals surface area (Å²) in [6, 6.07) is 9.58. The molecule has 0 bridgehead atoms. The van der Waals surface area contributed by atoms with Gasteiger partial charge in [-0.15, -0.1) is 0 Å². The van der Waals surface area contributed by atoms with E-state index in [9.17, 15) is 14.4 Å². The van der Waals surface area contributed by atoms with Crippen molar-refractivity contribution < 1.29 is 14.3 Å². The van der Waals surface area contributed by atoms with E-state index >= 15 is 0 Å². The summed E-state index contributed by atoms with van der Waals surface area (Å²) < 4.78 is 6.90. The highest BCUT2D eigenvalue weighted by Crippen LogP contribution is 2.37. The molecule has 33 heavy (non-hydrogen) atoms. The number of carbonyl (C=O) groups is 2. The molecule has 1 atom stereocenters. The number of nitrogens with one attached hydrogen (secondary N) is 1. The first-order valence-electron chi connectivity index (χ1n) is 11.2.